The Morgan fingerprint density at radius 2 is 2.05 bits per heavy atom. The van der Waals surface area contributed by atoms with Gasteiger partial charge in [0.15, 0.2) is 15.7 Å². The standard InChI is InChI=1S/C14H19N3O4S/c18-14(10-5-7-22(19,20)8-10)17-6-1-2-11(17)12-15-13(21-16-12)9-3-4-9/h9-11H,1-8H2/t10-,11+/m1/s1. The van der Waals surface area contributed by atoms with Crippen LogP contribution in [0, 0.1) is 5.92 Å². The molecular weight excluding hydrogens is 306 g/mol. The third-order valence-electron chi connectivity index (χ3n) is 4.80. The molecule has 0 N–H and O–H groups in total. The quantitative estimate of drug-likeness (QED) is 0.824. The highest BCUT2D eigenvalue weighted by Crippen LogP contribution is 2.40. The van der Waals surface area contributed by atoms with Crippen LogP contribution in [0.25, 0.3) is 0 Å². The molecule has 0 spiro atoms. The van der Waals surface area contributed by atoms with Crippen LogP contribution in [0.2, 0.25) is 0 Å². The topological polar surface area (TPSA) is 93.4 Å². The summed E-state index contributed by atoms with van der Waals surface area (Å²) in [4.78, 5) is 18.9. The first kappa shape index (κ1) is 14.2. The van der Waals surface area contributed by atoms with Gasteiger partial charge < -0.3 is 9.42 Å². The number of rotatable bonds is 3. The molecule has 1 aromatic rings. The monoisotopic (exact) mass is 325 g/mol. The Bertz CT molecular complexity index is 695. The van der Waals surface area contributed by atoms with E-state index >= 15 is 0 Å². The molecule has 2 saturated heterocycles. The Balaban J connectivity index is 1.51. The SMILES string of the molecule is O=C([C@@H]1CCS(=O)(=O)C1)N1CCC[C@H]1c1noc(C2CC2)n1. The van der Waals surface area contributed by atoms with Crippen LogP contribution in [0.4, 0.5) is 0 Å². The smallest absolute Gasteiger partial charge is 0.229 e. The maximum Gasteiger partial charge on any atom is 0.229 e. The maximum absolute atomic E-state index is 12.6. The lowest BCUT2D eigenvalue weighted by Crippen LogP contribution is -2.36. The fourth-order valence-corrected chi connectivity index (χ4v) is 5.13. The Labute approximate surface area is 129 Å². The summed E-state index contributed by atoms with van der Waals surface area (Å²) in [5.74, 6) is 1.28. The van der Waals surface area contributed by atoms with E-state index in [1.807, 2.05) is 0 Å². The van der Waals surface area contributed by atoms with Crippen LogP contribution in [0.3, 0.4) is 0 Å². The molecule has 8 heteroatoms. The van der Waals surface area contributed by atoms with E-state index in [0.717, 1.165) is 25.7 Å². The molecule has 1 saturated carbocycles. The minimum absolute atomic E-state index is 0.0192. The van der Waals surface area contributed by atoms with Crippen molar-refractivity contribution in [2.24, 2.45) is 5.92 Å². The molecule has 3 aliphatic rings. The second kappa shape index (κ2) is 5.04. The van der Waals surface area contributed by atoms with Crippen molar-refractivity contribution >= 4 is 15.7 Å². The van der Waals surface area contributed by atoms with Crippen LogP contribution in [-0.2, 0) is 14.6 Å². The van der Waals surface area contributed by atoms with Crippen molar-refractivity contribution in [3.8, 4) is 0 Å². The van der Waals surface area contributed by atoms with Gasteiger partial charge >= 0.3 is 0 Å². The molecule has 0 radical (unpaired) electrons. The molecule has 120 valence electrons. The Kier molecular flexibility index (Phi) is 3.25. The molecule has 3 heterocycles. The predicted octanol–water partition coefficient (Wildman–Crippen LogP) is 1.05. The number of hydrogen-bond donors (Lipinski definition) is 0. The first-order valence-corrected chi connectivity index (χ1v) is 9.70. The molecule has 0 unspecified atom stereocenters. The zero-order chi connectivity index (χ0) is 15.3. The van der Waals surface area contributed by atoms with E-state index in [1.54, 1.807) is 4.90 Å². The van der Waals surface area contributed by atoms with Crippen molar-refractivity contribution in [2.75, 3.05) is 18.1 Å². The van der Waals surface area contributed by atoms with Crippen LogP contribution in [0.15, 0.2) is 4.52 Å². The lowest BCUT2D eigenvalue weighted by Gasteiger charge is -2.24. The summed E-state index contributed by atoms with van der Waals surface area (Å²) >= 11 is 0. The molecule has 1 aromatic heterocycles. The van der Waals surface area contributed by atoms with Gasteiger partial charge in [-0.25, -0.2) is 8.42 Å². The highest BCUT2D eigenvalue weighted by Gasteiger charge is 2.41. The molecule has 7 nitrogen and oxygen atoms in total. The average Bonchev–Trinajstić information content (AvgIpc) is 2.92. The fourth-order valence-electron chi connectivity index (χ4n) is 3.40. The Morgan fingerprint density at radius 1 is 1.23 bits per heavy atom. The normalized spacial score (nSPS) is 30.8. The van der Waals surface area contributed by atoms with Gasteiger partial charge in [0.25, 0.3) is 0 Å². The number of carbonyl (C=O) groups is 1. The van der Waals surface area contributed by atoms with Crippen LogP contribution in [-0.4, -0.2) is 47.4 Å². The maximum atomic E-state index is 12.6. The first-order chi connectivity index (χ1) is 10.5. The van der Waals surface area contributed by atoms with Crippen LogP contribution >= 0.6 is 0 Å². The van der Waals surface area contributed by atoms with Crippen LogP contribution < -0.4 is 0 Å². The number of amides is 1. The Morgan fingerprint density at radius 3 is 2.73 bits per heavy atom. The van der Waals surface area contributed by atoms with Crippen LogP contribution in [0.1, 0.15) is 55.8 Å². The van der Waals surface area contributed by atoms with Crippen molar-refractivity contribution in [3.63, 3.8) is 0 Å². The second-order valence-corrected chi connectivity index (χ2v) is 8.78. The highest BCUT2D eigenvalue weighted by molar-refractivity contribution is 7.91. The molecule has 2 aliphatic heterocycles. The second-order valence-electron chi connectivity index (χ2n) is 6.55. The summed E-state index contributed by atoms with van der Waals surface area (Å²) in [6, 6.07) is -0.160. The third-order valence-corrected chi connectivity index (χ3v) is 6.57. The molecule has 2 atom stereocenters. The summed E-state index contributed by atoms with van der Waals surface area (Å²) in [6.45, 7) is 0.646. The van der Waals surface area contributed by atoms with Gasteiger partial charge in [-0.15, -0.1) is 0 Å². The highest BCUT2D eigenvalue weighted by atomic mass is 32.2. The lowest BCUT2D eigenvalue weighted by atomic mass is 10.1. The van der Waals surface area contributed by atoms with Crippen molar-refractivity contribution in [3.05, 3.63) is 11.7 Å². The summed E-state index contributed by atoms with van der Waals surface area (Å²) in [6.07, 6.45) is 4.33. The summed E-state index contributed by atoms with van der Waals surface area (Å²) in [7, 11) is -3.05. The predicted molar refractivity (Wildman–Crippen MR) is 76.7 cm³/mol. The van der Waals surface area contributed by atoms with E-state index in [4.69, 9.17) is 4.52 Å². The molecule has 3 fully saturated rings. The molecule has 1 amide bonds. The zero-order valence-electron chi connectivity index (χ0n) is 12.3. The average molecular weight is 325 g/mol. The minimum atomic E-state index is -3.05. The van der Waals surface area contributed by atoms with Gasteiger partial charge in [-0.1, -0.05) is 5.16 Å². The minimum Gasteiger partial charge on any atom is -0.339 e. The third kappa shape index (κ3) is 2.53. The van der Waals surface area contributed by atoms with Gasteiger partial charge in [0, 0.05) is 12.5 Å². The molecule has 0 aromatic carbocycles. The number of sulfone groups is 1. The van der Waals surface area contributed by atoms with Gasteiger partial charge in [0.05, 0.1) is 23.5 Å². The Hall–Kier alpha value is -1.44. The van der Waals surface area contributed by atoms with Crippen molar-refractivity contribution in [1.82, 2.24) is 15.0 Å². The van der Waals surface area contributed by atoms with Crippen molar-refractivity contribution in [2.45, 2.75) is 44.1 Å². The molecule has 4 rings (SSSR count). The molecular formula is C14H19N3O4S. The van der Waals surface area contributed by atoms with E-state index in [2.05, 4.69) is 10.1 Å². The van der Waals surface area contributed by atoms with E-state index in [-0.39, 0.29) is 23.5 Å². The number of nitrogens with zero attached hydrogens (tertiary/aromatic N) is 3. The van der Waals surface area contributed by atoms with Gasteiger partial charge in [0.2, 0.25) is 11.8 Å². The van der Waals surface area contributed by atoms with Crippen LogP contribution in [0.5, 0.6) is 0 Å². The zero-order valence-corrected chi connectivity index (χ0v) is 13.1. The van der Waals surface area contributed by atoms with Crippen molar-refractivity contribution in [1.29, 1.82) is 0 Å². The van der Waals surface area contributed by atoms with Crippen molar-refractivity contribution < 1.29 is 17.7 Å². The first-order valence-electron chi connectivity index (χ1n) is 7.88. The van der Waals surface area contributed by atoms with Gasteiger partial charge in [0.1, 0.15) is 0 Å². The van der Waals surface area contributed by atoms with E-state index in [0.29, 0.717) is 30.6 Å². The lowest BCUT2D eigenvalue weighted by molar-refractivity contribution is -0.135. The van der Waals surface area contributed by atoms with E-state index in [1.165, 1.54) is 0 Å². The number of likely N-dealkylation sites (tertiary alicyclic amines) is 1. The van der Waals surface area contributed by atoms with Gasteiger partial charge in [-0.2, -0.15) is 4.98 Å². The van der Waals surface area contributed by atoms with E-state index < -0.39 is 15.8 Å². The summed E-state index contributed by atoms with van der Waals surface area (Å²) < 4.78 is 28.5. The fraction of sp³-hybridized carbons (Fsp3) is 0.786. The molecule has 22 heavy (non-hydrogen) atoms. The van der Waals surface area contributed by atoms with Gasteiger partial charge in [-0.05, 0) is 32.1 Å². The van der Waals surface area contributed by atoms with E-state index in [9.17, 15) is 13.2 Å². The number of aromatic nitrogens is 2. The number of carbonyl (C=O) groups excluding carboxylic acids is 1. The molecule has 1 aliphatic carbocycles. The summed E-state index contributed by atoms with van der Waals surface area (Å²) in [5.41, 5.74) is 0. The molecule has 0 bridgehead atoms. The van der Waals surface area contributed by atoms with Gasteiger partial charge in [-0.3, -0.25) is 4.79 Å². The summed E-state index contributed by atoms with van der Waals surface area (Å²) in [5, 5.41) is 4.05. The number of hydrogen-bond acceptors (Lipinski definition) is 6. The largest absolute Gasteiger partial charge is 0.339 e.